The van der Waals surface area contributed by atoms with Gasteiger partial charge in [0.1, 0.15) is 5.56 Å². The second kappa shape index (κ2) is 13.0. The van der Waals surface area contributed by atoms with Gasteiger partial charge in [-0.15, -0.1) is 0 Å². The maximum absolute atomic E-state index is 13.1. The molecule has 0 aliphatic carbocycles. The van der Waals surface area contributed by atoms with Gasteiger partial charge in [0.05, 0.1) is 36.7 Å². The van der Waals surface area contributed by atoms with Crippen LogP contribution in [-0.2, 0) is 18.3 Å². The first-order valence-corrected chi connectivity index (χ1v) is 14.3. The number of methoxy groups -OCH3 is 1. The van der Waals surface area contributed by atoms with E-state index in [1.807, 2.05) is 49.4 Å². The second-order valence-electron chi connectivity index (χ2n) is 10.5. The van der Waals surface area contributed by atoms with Crippen molar-refractivity contribution in [3.63, 3.8) is 0 Å². The molecule has 2 aromatic heterocycles. The van der Waals surface area contributed by atoms with Crippen LogP contribution in [0.15, 0.2) is 59.5 Å². The van der Waals surface area contributed by atoms with E-state index in [1.54, 1.807) is 20.1 Å². The molecule has 11 heteroatoms. The van der Waals surface area contributed by atoms with Crippen molar-refractivity contribution in [1.82, 2.24) is 20.1 Å². The maximum atomic E-state index is 13.1. The zero-order valence-corrected chi connectivity index (χ0v) is 25.2. The molecular weight excluding hydrogens is 570 g/mol. The average Bonchev–Trinajstić information content (AvgIpc) is 3.00. The molecule has 1 amide bonds. The number of carbonyl (C=O) groups excluding carboxylic acids is 1. The Morgan fingerprint density at radius 2 is 1.88 bits per heavy atom. The zero-order chi connectivity index (χ0) is 30.7. The molecule has 0 saturated carbocycles. The number of carbonyl (C=O) groups is 1. The van der Waals surface area contributed by atoms with E-state index in [0.29, 0.717) is 47.6 Å². The van der Waals surface area contributed by atoms with Crippen LogP contribution in [0.2, 0.25) is 5.02 Å². The number of anilines is 1. The van der Waals surface area contributed by atoms with Crippen molar-refractivity contribution in [2.75, 3.05) is 25.6 Å². The summed E-state index contributed by atoms with van der Waals surface area (Å²) in [6, 6.07) is 15.0. The summed E-state index contributed by atoms with van der Waals surface area (Å²) in [5, 5.41) is 20.9. The van der Waals surface area contributed by atoms with Crippen molar-refractivity contribution >= 4 is 23.2 Å². The average molecular weight is 604 g/mol. The van der Waals surface area contributed by atoms with Gasteiger partial charge in [0, 0.05) is 48.6 Å². The lowest BCUT2D eigenvalue weighted by atomic mass is 9.96. The van der Waals surface area contributed by atoms with Gasteiger partial charge < -0.3 is 25.2 Å². The largest absolute Gasteiger partial charge is 0.481 e. The summed E-state index contributed by atoms with van der Waals surface area (Å²) in [5.74, 6) is -0.0377. The van der Waals surface area contributed by atoms with E-state index in [2.05, 4.69) is 15.7 Å². The summed E-state index contributed by atoms with van der Waals surface area (Å²) in [7, 11) is 3.08. The van der Waals surface area contributed by atoms with Crippen molar-refractivity contribution < 1.29 is 19.4 Å². The van der Waals surface area contributed by atoms with Gasteiger partial charge in [-0.1, -0.05) is 48.0 Å². The lowest BCUT2D eigenvalue weighted by Gasteiger charge is -2.28. The highest BCUT2D eigenvalue weighted by Gasteiger charge is 2.24. The molecule has 0 spiro atoms. The standard InChI is InChI=1S/C32H34ClN5O5/c1-18-15-35-38(3)32(41)28(18)30(40)36-24-10-6-7-21(19(24)2)22-8-5-9-23(29(22)33)25-12-11-20(31(37-25)42-4)16-34-26-13-14-43-17-27(26)39/h5-12,15,26-27,34,39H,13-14,16-17H2,1-4H3,(H,36,40). The Balaban J connectivity index is 1.42. The highest BCUT2D eigenvalue weighted by atomic mass is 35.5. The number of aromatic nitrogens is 3. The molecule has 1 fully saturated rings. The summed E-state index contributed by atoms with van der Waals surface area (Å²) in [6.07, 6.45) is 1.66. The number of aliphatic hydroxyl groups is 1. The number of nitrogens with zero attached hydrogens (tertiary/aromatic N) is 3. The van der Waals surface area contributed by atoms with Gasteiger partial charge in [-0.3, -0.25) is 9.59 Å². The van der Waals surface area contributed by atoms with Crippen LogP contribution in [0.5, 0.6) is 5.88 Å². The predicted molar refractivity (Wildman–Crippen MR) is 166 cm³/mol. The topological polar surface area (TPSA) is 128 Å². The van der Waals surface area contributed by atoms with Gasteiger partial charge in [-0.05, 0) is 49.1 Å². The van der Waals surface area contributed by atoms with Gasteiger partial charge in [0.25, 0.3) is 11.5 Å². The minimum Gasteiger partial charge on any atom is -0.481 e. The number of amides is 1. The zero-order valence-electron chi connectivity index (χ0n) is 24.5. The maximum Gasteiger partial charge on any atom is 0.279 e. The summed E-state index contributed by atoms with van der Waals surface area (Å²) in [5.41, 5.74) is 5.25. The predicted octanol–water partition coefficient (Wildman–Crippen LogP) is 4.28. The number of ether oxygens (including phenoxy) is 2. The normalized spacial score (nSPS) is 16.6. The molecule has 0 bridgehead atoms. The van der Waals surface area contributed by atoms with Crippen LogP contribution in [-0.4, -0.2) is 58.2 Å². The number of benzene rings is 2. The van der Waals surface area contributed by atoms with Gasteiger partial charge in [-0.25, -0.2) is 9.67 Å². The number of aryl methyl sites for hydroxylation is 2. The van der Waals surface area contributed by atoms with Crippen LogP contribution < -0.4 is 20.9 Å². The molecule has 1 aliphatic rings. The molecule has 2 atom stereocenters. The van der Waals surface area contributed by atoms with E-state index in [9.17, 15) is 14.7 Å². The van der Waals surface area contributed by atoms with Gasteiger partial charge in [0.15, 0.2) is 0 Å². The van der Waals surface area contributed by atoms with Crippen molar-refractivity contribution in [3.8, 4) is 28.3 Å². The van der Waals surface area contributed by atoms with Crippen LogP contribution in [0, 0.1) is 13.8 Å². The lowest BCUT2D eigenvalue weighted by Crippen LogP contribution is -2.46. The first-order valence-electron chi connectivity index (χ1n) is 14.0. The fourth-order valence-corrected chi connectivity index (χ4v) is 5.54. The van der Waals surface area contributed by atoms with Gasteiger partial charge in [-0.2, -0.15) is 5.10 Å². The SMILES string of the molecule is COc1nc(-c2cccc(-c3cccc(NC(=O)c4c(C)cnn(C)c4=O)c3C)c2Cl)ccc1CNC1CCOCC1O. The fourth-order valence-electron chi connectivity index (χ4n) is 5.21. The van der Waals surface area contributed by atoms with E-state index in [4.69, 9.17) is 26.1 Å². The molecule has 2 unspecified atom stereocenters. The van der Waals surface area contributed by atoms with Gasteiger partial charge >= 0.3 is 0 Å². The first kappa shape index (κ1) is 30.4. The summed E-state index contributed by atoms with van der Waals surface area (Å²) in [6.45, 7) is 4.98. The van der Waals surface area contributed by atoms with Crippen LogP contribution >= 0.6 is 11.6 Å². The number of halogens is 1. The van der Waals surface area contributed by atoms with E-state index >= 15 is 0 Å². The molecule has 10 nitrogen and oxygen atoms in total. The number of aliphatic hydroxyl groups excluding tert-OH is 1. The highest BCUT2D eigenvalue weighted by Crippen LogP contribution is 2.39. The smallest absolute Gasteiger partial charge is 0.279 e. The summed E-state index contributed by atoms with van der Waals surface area (Å²) >= 11 is 7.01. The van der Waals surface area contributed by atoms with Crippen LogP contribution in [0.1, 0.15) is 33.5 Å². The molecular formula is C32H34ClN5O5. The Morgan fingerprint density at radius 3 is 2.65 bits per heavy atom. The Labute approximate surface area is 254 Å². The number of rotatable bonds is 8. The molecule has 1 saturated heterocycles. The van der Waals surface area contributed by atoms with E-state index in [-0.39, 0.29) is 11.6 Å². The lowest BCUT2D eigenvalue weighted by molar-refractivity contribution is -0.0281. The number of pyridine rings is 1. The monoisotopic (exact) mass is 603 g/mol. The minimum absolute atomic E-state index is 0.0462. The van der Waals surface area contributed by atoms with Crippen LogP contribution in [0.4, 0.5) is 5.69 Å². The quantitative estimate of drug-likeness (QED) is 0.272. The van der Waals surface area contributed by atoms with Crippen LogP contribution in [0.25, 0.3) is 22.4 Å². The van der Waals surface area contributed by atoms with Crippen LogP contribution in [0.3, 0.4) is 0 Å². The third-order valence-corrected chi connectivity index (χ3v) is 8.12. The molecule has 5 rings (SSSR count). The Bertz CT molecular complexity index is 1720. The van der Waals surface area contributed by atoms with Crippen molar-refractivity contribution in [2.24, 2.45) is 7.05 Å². The van der Waals surface area contributed by atoms with E-state index < -0.39 is 17.6 Å². The molecule has 2 aromatic carbocycles. The minimum atomic E-state index is -0.559. The first-order chi connectivity index (χ1) is 20.7. The molecule has 4 aromatic rings. The van der Waals surface area contributed by atoms with Crippen molar-refractivity contribution in [3.05, 3.63) is 92.4 Å². The summed E-state index contributed by atoms with van der Waals surface area (Å²) in [4.78, 5) is 30.5. The molecule has 3 heterocycles. The Morgan fingerprint density at radius 1 is 1.14 bits per heavy atom. The third-order valence-electron chi connectivity index (χ3n) is 7.71. The van der Waals surface area contributed by atoms with Crippen molar-refractivity contribution in [1.29, 1.82) is 0 Å². The molecule has 0 radical (unpaired) electrons. The Hall–Kier alpha value is -4.09. The number of hydrogen-bond donors (Lipinski definition) is 3. The van der Waals surface area contributed by atoms with Crippen molar-refractivity contribution in [2.45, 2.75) is 39.0 Å². The fraction of sp³-hybridized carbons (Fsp3) is 0.312. The highest BCUT2D eigenvalue weighted by molar-refractivity contribution is 6.36. The summed E-state index contributed by atoms with van der Waals surface area (Å²) < 4.78 is 12.1. The Kier molecular flexibility index (Phi) is 9.22. The molecule has 3 N–H and O–H groups in total. The van der Waals surface area contributed by atoms with Gasteiger partial charge in [0.2, 0.25) is 5.88 Å². The number of nitrogens with one attached hydrogen (secondary N) is 2. The molecule has 43 heavy (non-hydrogen) atoms. The van der Waals surface area contributed by atoms with E-state index in [1.165, 1.54) is 13.2 Å². The molecule has 224 valence electrons. The second-order valence-corrected chi connectivity index (χ2v) is 10.9. The number of hydrogen-bond acceptors (Lipinski definition) is 8. The molecule has 1 aliphatic heterocycles. The van der Waals surface area contributed by atoms with E-state index in [0.717, 1.165) is 38.9 Å². The third kappa shape index (κ3) is 6.33.